The number of benzene rings is 7. The highest BCUT2D eigenvalue weighted by Gasteiger charge is 2.18. The molecule has 0 heterocycles. The zero-order chi connectivity index (χ0) is 39.1. The molecule has 0 unspecified atom stereocenters. The normalized spacial score (nSPS) is 13.9. The predicted octanol–water partition coefficient (Wildman–Crippen LogP) is 12.4. The Morgan fingerprint density at radius 2 is 1.03 bits per heavy atom. The molecule has 0 fully saturated rings. The van der Waals surface area contributed by atoms with E-state index in [1.54, 1.807) is 0 Å². The van der Waals surface area contributed by atoms with Gasteiger partial charge in [0.05, 0.1) is 12.3 Å². The molecule has 0 amide bonds. The summed E-state index contributed by atoms with van der Waals surface area (Å²) >= 11 is 0. The van der Waals surface area contributed by atoms with Crippen LogP contribution in [0.25, 0.3) is 67.9 Å². The van der Waals surface area contributed by atoms with Crippen molar-refractivity contribution in [3.05, 3.63) is 227 Å². The Labute approximate surface area is 342 Å². The van der Waals surface area contributed by atoms with E-state index >= 15 is 0 Å². The van der Waals surface area contributed by atoms with Crippen LogP contribution < -0.4 is 16.2 Å². The fourth-order valence-electron chi connectivity index (χ4n) is 8.28. The Kier molecular flexibility index (Phi) is 10.7. The molecule has 2 aliphatic carbocycles. The molecule has 2 nitrogen and oxygen atoms in total. The van der Waals surface area contributed by atoms with Crippen molar-refractivity contribution in [1.82, 2.24) is 0 Å². The summed E-state index contributed by atoms with van der Waals surface area (Å²) in [4.78, 5) is 5.13. The minimum absolute atomic E-state index is 0.564. The van der Waals surface area contributed by atoms with E-state index < -0.39 is 0 Å². The average molecular weight is 747 g/mol. The topological polar surface area (TPSA) is 38.4 Å². The van der Waals surface area contributed by atoms with Gasteiger partial charge in [-0.25, -0.2) is 0 Å². The number of aliphatic imine (C=N–C) groups is 1. The van der Waals surface area contributed by atoms with Crippen LogP contribution in [0.5, 0.6) is 0 Å². The molecule has 7 aromatic rings. The summed E-state index contributed by atoms with van der Waals surface area (Å²) in [6.07, 6.45) is 18.1. The number of rotatable bonds is 10. The first-order valence-electron chi connectivity index (χ1n) is 20.4. The predicted molar refractivity (Wildman–Crippen MR) is 247 cm³/mol. The fourth-order valence-corrected chi connectivity index (χ4v) is 8.28. The molecule has 0 atom stereocenters. The number of nitrogens with two attached hydrogens (primary N) is 1. The van der Waals surface area contributed by atoms with Crippen molar-refractivity contribution in [1.29, 1.82) is 0 Å². The molecule has 2 N–H and O–H groups in total. The number of nitrogens with zero attached hydrogens (tertiary/aromatic N) is 1. The second kappa shape index (κ2) is 17.0. The van der Waals surface area contributed by atoms with Crippen molar-refractivity contribution < 1.29 is 0 Å². The second-order valence-corrected chi connectivity index (χ2v) is 15.0. The quantitative estimate of drug-likeness (QED) is 0.139. The van der Waals surface area contributed by atoms with Gasteiger partial charge in [-0.2, -0.15) is 0 Å². The Hall–Kier alpha value is -7.03. The highest BCUT2D eigenvalue weighted by atomic mass is 14.7. The van der Waals surface area contributed by atoms with E-state index in [9.17, 15) is 0 Å². The molecule has 0 radical (unpaired) electrons. The van der Waals surface area contributed by atoms with Crippen LogP contribution in [0.15, 0.2) is 199 Å². The summed E-state index contributed by atoms with van der Waals surface area (Å²) in [7, 11) is 0. The fraction of sp³-hybridized carbons (Fsp3) is 0.0893. The van der Waals surface area contributed by atoms with Crippen molar-refractivity contribution in [3.8, 4) is 44.5 Å². The summed E-state index contributed by atoms with van der Waals surface area (Å²) < 4.78 is 0. The van der Waals surface area contributed by atoms with Crippen LogP contribution in [0.1, 0.15) is 47.9 Å². The lowest BCUT2D eigenvalue weighted by Gasteiger charge is -2.20. The standard InChI is InChI=1S/C56H46N2/c57-54(45-32-28-42(29-33-45)41-18-7-2-8-19-41)38-55(58-39-40-16-5-1-6-17-40)46-34-30-44(31-35-46)48-36-37-52(51-25-14-13-24-50(48)51)53-27-15-26-49(43-20-9-3-10-21-43)56(53)47-22-11-4-12-23-47/h1-2,4-9,11-12,15-38H,3,10,13-14,39,57H2/b54-38-,58-55+. The van der Waals surface area contributed by atoms with E-state index in [0.29, 0.717) is 12.2 Å². The second-order valence-electron chi connectivity index (χ2n) is 15.0. The molecule has 0 saturated heterocycles. The van der Waals surface area contributed by atoms with Crippen molar-refractivity contribution >= 4 is 29.1 Å². The lowest BCUT2D eigenvalue weighted by molar-refractivity contribution is 1.04. The number of fused-ring (bicyclic) bond motifs is 1. The van der Waals surface area contributed by atoms with Crippen LogP contribution in [0, 0.1) is 0 Å². The third-order valence-electron chi connectivity index (χ3n) is 11.3. The Morgan fingerprint density at radius 1 is 0.466 bits per heavy atom. The largest absolute Gasteiger partial charge is 0.398 e. The van der Waals surface area contributed by atoms with Crippen molar-refractivity contribution in [2.75, 3.05) is 0 Å². The highest BCUT2D eigenvalue weighted by Crippen LogP contribution is 2.39. The summed E-state index contributed by atoms with van der Waals surface area (Å²) in [5, 5.41) is 2.62. The minimum Gasteiger partial charge on any atom is -0.398 e. The van der Waals surface area contributed by atoms with Gasteiger partial charge in [-0.3, -0.25) is 4.99 Å². The van der Waals surface area contributed by atoms with Crippen molar-refractivity contribution in [2.24, 2.45) is 10.7 Å². The lowest BCUT2D eigenvalue weighted by atomic mass is 9.84. The molecule has 7 aromatic carbocycles. The SMILES string of the molecule is N/C(=C\C(=N/Cc1ccccc1)c1ccc(-c2ccc(-c3cccc(C4=CCCC=C4)c3-c3ccccc3)c3c2=CCCC=3)cc1)c1ccc(-c2ccccc2)cc1. The molecule has 280 valence electrons. The minimum atomic E-state index is 0.564. The third kappa shape index (κ3) is 7.83. The van der Waals surface area contributed by atoms with Gasteiger partial charge >= 0.3 is 0 Å². The maximum atomic E-state index is 6.82. The molecule has 2 heteroatoms. The van der Waals surface area contributed by atoms with Gasteiger partial charge in [0.15, 0.2) is 0 Å². The van der Waals surface area contributed by atoms with E-state index in [2.05, 4.69) is 188 Å². The molecule has 9 rings (SSSR count). The summed E-state index contributed by atoms with van der Waals surface area (Å²) in [5.41, 5.74) is 23.9. The first kappa shape index (κ1) is 36.6. The van der Waals surface area contributed by atoms with Gasteiger partial charge in [-0.1, -0.05) is 200 Å². The van der Waals surface area contributed by atoms with Crippen LogP contribution in [0.4, 0.5) is 0 Å². The molecular weight excluding hydrogens is 701 g/mol. The van der Waals surface area contributed by atoms with Gasteiger partial charge in [-0.15, -0.1) is 0 Å². The van der Waals surface area contributed by atoms with Crippen molar-refractivity contribution in [2.45, 2.75) is 32.2 Å². The zero-order valence-electron chi connectivity index (χ0n) is 32.7. The first-order valence-corrected chi connectivity index (χ1v) is 20.4. The Balaban J connectivity index is 1.08. The van der Waals surface area contributed by atoms with Crippen LogP contribution >= 0.6 is 0 Å². The van der Waals surface area contributed by atoms with Gasteiger partial charge in [0.2, 0.25) is 0 Å². The Morgan fingerprint density at radius 3 is 1.72 bits per heavy atom. The van der Waals surface area contributed by atoms with Crippen LogP contribution in [0.3, 0.4) is 0 Å². The van der Waals surface area contributed by atoms with E-state index in [4.69, 9.17) is 10.7 Å². The summed E-state index contributed by atoms with van der Waals surface area (Å²) in [5.74, 6) is 0. The van der Waals surface area contributed by atoms with Crippen LogP contribution in [-0.4, -0.2) is 5.71 Å². The maximum Gasteiger partial charge on any atom is 0.0671 e. The third-order valence-corrected chi connectivity index (χ3v) is 11.3. The highest BCUT2D eigenvalue weighted by molar-refractivity contribution is 6.12. The molecule has 0 aliphatic heterocycles. The molecule has 0 saturated carbocycles. The average Bonchev–Trinajstić information content (AvgIpc) is 3.31. The number of hydrogen-bond donors (Lipinski definition) is 1. The van der Waals surface area contributed by atoms with Gasteiger partial charge in [-0.05, 0) is 115 Å². The van der Waals surface area contributed by atoms with Gasteiger partial charge in [0.25, 0.3) is 0 Å². The molecule has 2 aliphatic rings. The van der Waals surface area contributed by atoms with Crippen molar-refractivity contribution in [3.63, 3.8) is 0 Å². The lowest BCUT2D eigenvalue weighted by Crippen LogP contribution is -2.31. The van der Waals surface area contributed by atoms with Crippen LogP contribution in [-0.2, 0) is 6.54 Å². The number of allylic oxidation sites excluding steroid dienone is 5. The monoisotopic (exact) mass is 746 g/mol. The van der Waals surface area contributed by atoms with Gasteiger partial charge < -0.3 is 5.73 Å². The smallest absolute Gasteiger partial charge is 0.0671 e. The van der Waals surface area contributed by atoms with Gasteiger partial charge in [0.1, 0.15) is 0 Å². The van der Waals surface area contributed by atoms with E-state index in [-0.39, 0.29) is 0 Å². The molecular formula is C56H46N2. The molecule has 0 spiro atoms. The number of hydrogen-bond acceptors (Lipinski definition) is 2. The first-order chi connectivity index (χ1) is 28.7. The summed E-state index contributed by atoms with van der Waals surface area (Å²) in [6, 6.07) is 60.5. The summed E-state index contributed by atoms with van der Waals surface area (Å²) in [6.45, 7) is 0.564. The van der Waals surface area contributed by atoms with E-state index in [0.717, 1.165) is 53.6 Å². The molecule has 58 heavy (non-hydrogen) atoms. The molecule has 0 aromatic heterocycles. The van der Waals surface area contributed by atoms with Gasteiger partial charge in [0, 0.05) is 5.70 Å². The van der Waals surface area contributed by atoms with Crippen LogP contribution in [0.2, 0.25) is 0 Å². The maximum absolute atomic E-state index is 6.82. The van der Waals surface area contributed by atoms with E-state index in [1.807, 2.05) is 18.2 Å². The van der Waals surface area contributed by atoms with E-state index in [1.165, 1.54) is 60.5 Å². The Bertz CT molecular complexity index is 2810. The molecule has 0 bridgehead atoms. The zero-order valence-corrected chi connectivity index (χ0v) is 32.7.